The van der Waals surface area contributed by atoms with Gasteiger partial charge in [0.2, 0.25) is 0 Å². The molecule has 0 unspecified atom stereocenters. The first kappa shape index (κ1) is 16.7. The molecule has 0 amide bonds. The van der Waals surface area contributed by atoms with Gasteiger partial charge < -0.3 is 9.84 Å². The Hall–Kier alpha value is -1.71. The lowest BCUT2D eigenvalue weighted by molar-refractivity contribution is -0.115. The van der Waals surface area contributed by atoms with Gasteiger partial charge in [0.15, 0.2) is 5.78 Å². The van der Waals surface area contributed by atoms with Crippen molar-refractivity contribution in [3.05, 3.63) is 59.7 Å². The van der Waals surface area contributed by atoms with Gasteiger partial charge in [-0.25, -0.2) is 0 Å². The lowest BCUT2D eigenvalue weighted by Crippen LogP contribution is -2.23. The quantitative estimate of drug-likeness (QED) is 0.819. The van der Waals surface area contributed by atoms with Crippen molar-refractivity contribution in [2.75, 3.05) is 6.61 Å². The third-order valence-electron chi connectivity index (χ3n) is 4.26. The number of aliphatic hydroxyl groups is 1. The van der Waals surface area contributed by atoms with E-state index in [1.54, 1.807) is 12.2 Å². The third-order valence-corrected chi connectivity index (χ3v) is 4.26. The van der Waals surface area contributed by atoms with Gasteiger partial charge in [-0.3, -0.25) is 4.79 Å². The zero-order chi connectivity index (χ0) is 16.0. The molecule has 0 fully saturated rings. The number of carbonyl (C=O) groups is 1. The molecule has 2 rings (SSSR count). The Labute approximate surface area is 132 Å². The second-order valence-electron chi connectivity index (χ2n) is 6.14. The first-order valence-corrected chi connectivity index (χ1v) is 7.70. The molecule has 0 radical (unpaired) electrons. The van der Waals surface area contributed by atoms with Crippen LogP contribution in [0.3, 0.4) is 0 Å². The molecule has 0 spiro atoms. The van der Waals surface area contributed by atoms with E-state index in [1.165, 1.54) is 0 Å². The number of rotatable bonds is 6. The highest BCUT2D eigenvalue weighted by Gasteiger charge is 2.28. The molecular formula is C19H24O3. The maximum atomic E-state index is 11.4. The Morgan fingerprint density at radius 1 is 1.36 bits per heavy atom. The topological polar surface area (TPSA) is 46.5 Å². The fourth-order valence-electron chi connectivity index (χ4n) is 2.52. The molecule has 3 nitrogen and oxygen atoms in total. The van der Waals surface area contributed by atoms with Crippen LogP contribution in [0.25, 0.3) is 0 Å². The Balaban J connectivity index is 1.82. The van der Waals surface area contributed by atoms with Crippen LogP contribution in [-0.2, 0) is 16.1 Å². The SMILES string of the molecule is CC1=CC(=O)CC[C@@]1(C)/C=C/[C@@H](O)COCc1ccccc1. The summed E-state index contributed by atoms with van der Waals surface area (Å²) in [5, 5.41) is 10.0. The molecule has 118 valence electrons. The van der Waals surface area contributed by atoms with Crippen LogP contribution in [0.5, 0.6) is 0 Å². The number of allylic oxidation sites excluding steroid dienone is 3. The Morgan fingerprint density at radius 3 is 2.77 bits per heavy atom. The van der Waals surface area contributed by atoms with Crippen molar-refractivity contribution in [2.24, 2.45) is 5.41 Å². The van der Waals surface area contributed by atoms with E-state index in [9.17, 15) is 9.90 Å². The van der Waals surface area contributed by atoms with Gasteiger partial charge in [0.1, 0.15) is 0 Å². The van der Waals surface area contributed by atoms with E-state index in [-0.39, 0.29) is 17.8 Å². The Morgan fingerprint density at radius 2 is 2.09 bits per heavy atom. The molecule has 1 aliphatic carbocycles. The van der Waals surface area contributed by atoms with E-state index in [4.69, 9.17) is 4.74 Å². The molecule has 0 saturated heterocycles. The summed E-state index contributed by atoms with van der Waals surface area (Å²) >= 11 is 0. The van der Waals surface area contributed by atoms with Gasteiger partial charge in [-0.15, -0.1) is 0 Å². The molecular weight excluding hydrogens is 276 g/mol. The Kier molecular flexibility index (Phi) is 5.69. The average molecular weight is 300 g/mol. The minimum Gasteiger partial charge on any atom is -0.387 e. The maximum absolute atomic E-state index is 11.4. The van der Waals surface area contributed by atoms with E-state index in [2.05, 4.69) is 6.92 Å². The number of benzene rings is 1. The van der Waals surface area contributed by atoms with Crippen LogP contribution in [0.4, 0.5) is 0 Å². The summed E-state index contributed by atoms with van der Waals surface area (Å²) < 4.78 is 5.53. The van der Waals surface area contributed by atoms with Crippen LogP contribution in [0, 0.1) is 5.41 Å². The van der Waals surface area contributed by atoms with Gasteiger partial charge in [0.05, 0.1) is 19.3 Å². The molecule has 1 aliphatic rings. The molecule has 22 heavy (non-hydrogen) atoms. The van der Waals surface area contributed by atoms with Crippen LogP contribution >= 0.6 is 0 Å². The van der Waals surface area contributed by atoms with Gasteiger partial charge >= 0.3 is 0 Å². The molecule has 1 aromatic rings. The van der Waals surface area contributed by atoms with Crippen LogP contribution in [-0.4, -0.2) is 23.6 Å². The molecule has 2 atom stereocenters. The van der Waals surface area contributed by atoms with Crippen molar-refractivity contribution in [1.82, 2.24) is 0 Å². The number of ketones is 1. The fraction of sp³-hybridized carbons (Fsp3) is 0.421. The minimum absolute atomic E-state index is 0.145. The lowest BCUT2D eigenvalue weighted by atomic mass is 9.74. The van der Waals surface area contributed by atoms with Gasteiger partial charge in [-0.1, -0.05) is 55.0 Å². The molecule has 1 aromatic carbocycles. The second kappa shape index (κ2) is 7.52. The molecule has 3 heteroatoms. The monoisotopic (exact) mass is 300 g/mol. The van der Waals surface area contributed by atoms with Gasteiger partial charge in [0.25, 0.3) is 0 Å². The standard InChI is InChI=1S/C19H24O3/c1-15-12-17(20)8-10-19(15,2)11-9-18(21)14-22-13-16-6-4-3-5-7-16/h3-7,9,11-12,18,21H,8,10,13-14H2,1-2H3/b11-9+/t18-,19+/m1/s1. The van der Waals surface area contributed by atoms with Crippen LogP contribution < -0.4 is 0 Å². The summed E-state index contributed by atoms with van der Waals surface area (Å²) in [4.78, 5) is 11.4. The maximum Gasteiger partial charge on any atom is 0.155 e. The molecule has 0 bridgehead atoms. The summed E-state index contributed by atoms with van der Waals surface area (Å²) in [5.41, 5.74) is 2.00. The van der Waals surface area contributed by atoms with Gasteiger partial charge in [0, 0.05) is 11.8 Å². The van der Waals surface area contributed by atoms with E-state index in [1.807, 2.05) is 43.3 Å². The second-order valence-corrected chi connectivity index (χ2v) is 6.14. The van der Waals surface area contributed by atoms with Crippen LogP contribution in [0.1, 0.15) is 32.3 Å². The van der Waals surface area contributed by atoms with Crippen molar-refractivity contribution in [1.29, 1.82) is 0 Å². The third kappa shape index (κ3) is 4.65. The summed E-state index contributed by atoms with van der Waals surface area (Å²) in [7, 11) is 0. The highest BCUT2D eigenvalue weighted by molar-refractivity contribution is 5.91. The zero-order valence-electron chi connectivity index (χ0n) is 13.3. The highest BCUT2D eigenvalue weighted by Crippen LogP contribution is 2.37. The predicted molar refractivity (Wildman–Crippen MR) is 87.3 cm³/mol. The largest absolute Gasteiger partial charge is 0.387 e. The smallest absolute Gasteiger partial charge is 0.155 e. The Bertz CT molecular complexity index is 559. The van der Waals surface area contributed by atoms with Crippen molar-refractivity contribution in [2.45, 2.75) is 39.4 Å². The van der Waals surface area contributed by atoms with Gasteiger partial charge in [-0.2, -0.15) is 0 Å². The lowest BCUT2D eigenvalue weighted by Gasteiger charge is -2.30. The van der Waals surface area contributed by atoms with Crippen molar-refractivity contribution in [3.63, 3.8) is 0 Å². The molecule has 0 aliphatic heterocycles. The van der Waals surface area contributed by atoms with Crippen molar-refractivity contribution >= 4 is 5.78 Å². The van der Waals surface area contributed by atoms with E-state index in [0.29, 0.717) is 13.0 Å². The number of carbonyl (C=O) groups excluding carboxylic acids is 1. The molecule has 0 heterocycles. The average Bonchev–Trinajstić information content (AvgIpc) is 2.51. The summed E-state index contributed by atoms with van der Waals surface area (Å²) in [6.45, 7) is 4.83. The zero-order valence-corrected chi connectivity index (χ0v) is 13.3. The summed E-state index contributed by atoms with van der Waals surface area (Å²) in [6, 6.07) is 9.89. The van der Waals surface area contributed by atoms with Crippen LogP contribution in [0.15, 0.2) is 54.1 Å². The van der Waals surface area contributed by atoms with Gasteiger partial charge in [-0.05, 0) is 25.0 Å². The van der Waals surface area contributed by atoms with E-state index >= 15 is 0 Å². The van der Waals surface area contributed by atoms with Crippen LogP contribution in [0.2, 0.25) is 0 Å². The number of hydrogen-bond acceptors (Lipinski definition) is 3. The predicted octanol–water partition coefficient (Wildman–Crippen LogP) is 3.44. The molecule has 0 aromatic heterocycles. The molecule has 0 saturated carbocycles. The van der Waals surface area contributed by atoms with E-state index in [0.717, 1.165) is 17.6 Å². The molecule has 1 N–H and O–H groups in total. The van der Waals surface area contributed by atoms with E-state index < -0.39 is 6.10 Å². The fourth-order valence-corrected chi connectivity index (χ4v) is 2.52. The van der Waals surface area contributed by atoms with Crippen molar-refractivity contribution < 1.29 is 14.6 Å². The number of ether oxygens (including phenoxy) is 1. The minimum atomic E-state index is -0.633. The number of aliphatic hydroxyl groups excluding tert-OH is 1. The number of hydrogen-bond donors (Lipinski definition) is 1. The summed E-state index contributed by atoms with van der Waals surface area (Å²) in [5.74, 6) is 0.190. The normalized spacial score (nSPS) is 23.6. The first-order valence-electron chi connectivity index (χ1n) is 7.70. The van der Waals surface area contributed by atoms with Crippen molar-refractivity contribution in [3.8, 4) is 0 Å². The first-order chi connectivity index (χ1) is 10.5. The summed E-state index contributed by atoms with van der Waals surface area (Å²) in [6.07, 6.45) is 6.22. The highest BCUT2D eigenvalue weighted by atomic mass is 16.5.